The van der Waals surface area contributed by atoms with Crippen molar-refractivity contribution in [1.82, 2.24) is 19.7 Å². The van der Waals surface area contributed by atoms with Gasteiger partial charge in [-0.2, -0.15) is 5.10 Å². The molecule has 2 aromatic carbocycles. The van der Waals surface area contributed by atoms with Gasteiger partial charge in [-0.15, -0.1) is 0 Å². The highest BCUT2D eigenvalue weighted by atomic mass is 32.2. The summed E-state index contributed by atoms with van der Waals surface area (Å²) in [6.07, 6.45) is 6.51. The Morgan fingerprint density at radius 1 is 0.938 bits per heavy atom. The van der Waals surface area contributed by atoms with E-state index in [1.165, 1.54) is 29.3 Å². The number of halogens is 3. The number of carbonyl (C=O) groups excluding carboxylic acids is 1. The topological polar surface area (TPSA) is 110 Å². The van der Waals surface area contributed by atoms with Crippen LogP contribution in [0, 0.1) is 17.5 Å². The summed E-state index contributed by atoms with van der Waals surface area (Å²) in [4.78, 5) is 19.9. The highest BCUT2D eigenvalue weighted by Crippen LogP contribution is 2.38. The van der Waals surface area contributed by atoms with Crippen LogP contribution in [0.25, 0.3) is 28.1 Å². The van der Waals surface area contributed by atoms with Gasteiger partial charge in [0.2, 0.25) is 10.0 Å². The molecule has 1 aliphatic heterocycles. The maximum atomic E-state index is 16.1. The van der Waals surface area contributed by atoms with E-state index in [9.17, 15) is 13.2 Å². The zero-order valence-corrected chi connectivity index (χ0v) is 27.7. The number of nitrogens with one attached hydrogen (secondary N) is 1. The monoisotopic (exact) mass is 682 g/mol. The highest BCUT2D eigenvalue weighted by molar-refractivity contribution is 7.93. The molecule has 1 aliphatic carbocycles. The Morgan fingerprint density at radius 2 is 1.62 bits per heavy atom. The molecule has 1 amide bonds. The normalized spacial score (nSPS) is 16.0. The zero-order chi connectivity index (χ0) is 34.2. The van der Waals surface area contributed by atoms with Gasteiger partial charge < -0.3 is 14.5 Å². The highest BCUT2D eigenvalue weighted by Gasteiger charge is 2.31. The summed E-state index contributed by atoms with van der Waals surface area (Å²) in [5.74, 6) is -2.33. The van der Waals surface area contributed by atoms with Crippen LogP contribution in [0.4, 0.5) is 29.3 Å². The average molecular weight is 683 g/mol. The standard InChI is InChI=1S/C34H37F3N6O4S/c1-34(2,3)47-33(44)42-16-14-41(15-17-42)30-9-8-24(20-28(30)36)43-21-27(32(39-43)22-10-12-38-13-11-22)26-18-23(35)19-29(31(26)37)40-48(45,46)25-6-4-5-7-25/h8-13,18-21,25,40H,4-7,14-17H2,1-3H3. The number of pyridine rings is 1. The number of amides is 1. The van der Waals surface area contributed by atoms with Crippen LogP contribution in [0.2, 0.25) is 0 Å². The largest absolute Gasteiger partial charge is 0.444 e. The fraction of sp³-hybridized carbons (Fsp3) is 0.382. The predicted octanol–water partition coefficient (Wildman–Crippen LogP) is 6.76. The molecule has 14 heteroatoms. The molecule has 0 radical (unpaired) electrons. The fourth-order valence-corrected chi connectivity index (χ4v) is 7.65. The summed E-state index contributed by atoms with van der Waals surface area (Å²) in [5, 5.41) is 3.95. The minimum atomic E-state index is -3.94. The Bertz CT molecular complexity index is 1920. The van der Waals surface area contributed by atoms with Crippen LogP contribution in [0.5, 0.6) is 0 Å². The van der Waals surface area contributed by atoms with Crippen LogP contribution in [-0.4, -0.2) is 71.2 Å². The summed E-state index contributed by atoms with van der Waals surface area (Å²) >= 11 is 0. The molecule has 4 aromatic rings. The number of benzene rings is 2. The molecule has 2 aliphatic rings. The number of sulfonamides is 1. The average Bonchev–Trinajstić information content (AvgIpc) is 3.74. The summed E-state index contributed by atoms with van der Waals surface area (Å²) in [7, 11) is -3.94. The van der Waals surface area contributed by atoms with Gasteiger partial charge in [0, 0.05) is 73.6 Å². The van der Waals surface area contributed by atoms with Gasteiger partial charge in [-0.1, -0.05) is 12.8 Å². The molecule has 6 rings (SSSR count). The van der Waals surface area contributed by atoms with E-state index in [1.807, 2.05) is 4.90 Å². The lowest BCUT2D eigenvalue weighted by Gasteiger charge is -2.36. The van der Waals surface area contributed by atoms with E-state index >= 15 is 13.2 Å². The van der Waals surface area contributed by atoms with Crippen LogP contribution >= 0.6 is 0 Å². The Morgan fingerprint density at radius 3 is 2.27 bits per heavy atom. The minimum Gasteiger partial charge on any atom is -0.444 e. The molecule has 2 fully saturated rings. The van der Waals surface area contributed by atoms with Crippen molar-refractivity contribution in [3.63, 3.8) is 0 Å². The number of aromatic nitrogens is 3. The predicted molar refractivity (Wildman–Crippen MR) is 177 cm³/mol. The molecular weight excluding hydrogens is 645 g/mol. The maximum absolute atomic E-state index is 16.1. The number of nitrogens with zero attached hydrogens (tertiary/aromatic N) is 5. The van der Waals surface area contributed by atoms with Crippen molar-refractivity contribution in [3.8, 4) is 28.1 Å². The molecule has 1 saturated carbocycles. The molecule has 1 saturated heterocycles. The van der Waals surface area contributed by atoms with Gasteiger partial charge in [0.25, 0.3) is 0 Å². The molecule has 0 spiro atoms. The first-order chi connectivity index (χ1) is 22.8. The number of hydrogen-bond donors (Lipinski definition) is 1. The van der Waals surface area contributed by atoms with Crippen molar-refractivity contribution >= 4 is 27.5 Å². The van der Waals surface area contributed by atoms with Crippen molar-refractivity contribution in [2.45, 2.75) is 57.3 Å². The van der Waals surface area contributed by atoms with Gasteiger partial charge in [0.15, 0.2) is 5.82 Å². The number of carbonyl (C=O) groups is 1. The Hall–Kier alpha value is -4.59. The van der Waals surface area contributed by atoms with E-state index in [-0.39, 0.29) is 16.8 Å². The number of anilines is 2. The summed E-state index contributed by atoms with van der Waals surface area (Å²) < 4.78 is 81.8. The third kappa shape index (κ3) is 7.13. The fourth-order valence-electron chi connectivity index (χ4n) is 6.07. The number of rotatable bonds is 7. The molecule has 3 heterocycles. The third-order valence-corrected chi connectivity index (χ3v) is 10.3. The molecule has 254 valence electrons. The number of ether oxygens (including phenoxy) is 1. The molecule has 10 nitrogen and oxygen atoms in total. The van der Waals surface area contributed by atoms with E-state index in [4.69, 9.17) is 4.74 Å². The first-order valence-corrected chi connectivity index (χ1v) is 17.4. The van der Waals surface area contributed by atoms with E-state index < -0.39 is 50.1 Å². The van der Waals surface area contributed by atoms with Gasteiger partial charge in [0.05, 0.1) is 22.3 Å². The van der Waals surface area contributed by atoms with E-state index in [0.717, 1.165) is 25.0 Å². The smallest absolute Gasteiger partial charge is 0.410 e. The van der Waals surface area contributed by atoms with E-state index in [2.05, 4.69) is 14.8 Å². The van der Waals surface area contributed by atoms with Crippen LogP contribution in [0.3, 0.4) is 0 Å². The number of hydrogen-bond acceptors (Lipinski definition) is 7. The van der Waals surface area contributed by atoms with Gasteiger partial charge in [-0.3, -0.25) is 9.71 Å². The second-order valence-corrected chi connectivity index (χ2v) is 15.0. The van der Waals surface area contributed by atoms with Gasteiger partial charge in [0.1, 0.15) is 22.9 Å². The Balaban J connectivity index is 1.31. The van der Waals surface area contributed by atoms with Crippen molar-refractivity contribution in [2.24, 2.45) is 0 Å². The lowest BCUT2D eigenvalue weighted by Crippen LogP contribution is -2.50. The molecule has 48 heavy (non-hydrogen) atoms. The second kappa shape index (κ2) is 13.1. The van der Waals surface area contributed by atoms with Gasteiger partial charge >= 0.3 is 6.09 Å². The lowest BCUT2D eigenvalue weighted by atomic mass is 10.0. The molecule has 1 N–H and O–H groups in total. The molecule has 2 aromatic heterocycles. The van der Waals surface area contributed by atoms with Crippen molar-refractivity contribution in [1.29, 1.82) is 0 Å². The second-order valence-electron chi connectivity index (χ2n) is 13.0. The van der Waals surface area contributed by atoms with E-state index in [0.29, 0.717) is 56.0 Å². The first-order valence-electron chi connectivity index (χ1n) is 15.8. The first kappa shape index (κ1) is 33.3. The summed E-state index contributed by atoms with van der Waals surface area (Å²) in [5.41, 5.74) is 0.315. The Kier molecular flexibility index (Phi) is 9.12. The van der Waals surface area contributed by atoms with Crippen LogP contribution < -0.4 is 9.62 Å². The Labute approximate surface area is 277 Å². The minimum absolute atomic E-state index is 0.169. The zero-order valence-electron chi connectivity index (χ0n) is 26.9. The van der Waals surface area contributed by atoms with Crippen LogP contribution in [-0.2, 0) is 14.8 Å². The molecule has 0 atom stereocenters. The number of piperazine rings is 1. The van der Waals surface area contributed by atoms with Crippen LogP contribution in [0.15, 0.2) is 61.1 Å². The summed E-state index contributed by atoms with van der Waals surface area (Å²) in [6, 6.07) is 9.68. The van der Waals surface area contributed by atoms with Crippen molar-refractivity contribution in [3.05, 3.63) is 78.5 Å². The quantitative estimate of drug-likeness (QED) is 0.230. The van der Waals surface area contributed by atoms with Gasteiger partial charge in [-0.05, 0) is 63.9 Å². The molecular formula is C34H37F3N6O4S. The maximum Gasteiger partial charge on any atom is 0.410 e. The van der Waals surface area contributed by atoms with E-state index in [1.54, 1.807) is 49.9 Å². The lowest BCUT2D eigenvalue weighted by molar-refractivity contribution is 0.0240. The van der Waals surface area contributed by atoms with Crippen molar-refractivity contribution < 1.29 is 31.1 Å². The third-order valence-electron chi connectivity index (χ3n) is 8.46. The van der Waals surface area contributed by atoms with Gasteiger partial charge in [-0.25, -0.2) is 31.1 Å². The summed E-state index contributed by atoms with van der Waals surface area (Å²) in [6.45, 7) is 6.94. The molecule has 0 unspecified atom stereocenters. The SMILES string of the molecule is CC(C)(C)OC(=O)N1CCN(c2ccc(-n3cc(-c4cc(F)cc(NS(=O)(=O)C5CCCC5)c4F)c(-c4ccncc4)n3)cc2F)CC1. The van der Waals surface area contributed by atoms with Crippen LogP contribution in [0.1, 0.15) is 46.5 Å². The van der Waals surface area contributed by atoms with Crippen molar-refractivity contribution in [2.75, 3.05) is 35.8 Å². The molecule has 0 bridgehead atoms.